The standard InChI is InChI=1S/C11H10BrNO3/c1-11(2,10(14)15)9-7-4-3-6(12)5-8(7)13-16-9/h3-5H,1-2H3,(H,14,15). The van der Waals surface area contributed by atoms with Crippen LogP contribution in [0.4, 0.5) is 0 Å². The van der Waals surface area contributed by atoms with Crippen LogP contribution in [0.15, 0.2) is 27.2 Å². The fraction of sp³-hybridized carbons (Fsp3) is 0.273. The lowest BCUT2D eigenvalue weighted by Gasteiger charge is -2.15. The molecule has 0 aliphatic rings. The lowest BCUT2D eigenvalue weighted by molar-refractivity contribution is -0.143. The molecule has 0 aliphatic carbocycles. The zero-order valence-electron chi connectivity index (χ0n) is 8.82. The number of carbonyl (C=O) groups is 1. The van der Waals surface area contributed by atoms with E-state index in [1.165, 1.54) is 0 Å². The highest BCUT2D eigenvalue weighted by molar-refractivity contribution is 9.10. The van der Waals surface area contributed by atoms with E-state index in [2.05, 4.69) is 21.1 Å². The highest BCUT2D eigenvalue weighted by atomic mass is 79.9. The number of aromatic nitrogens is 1. The van der Waals surface area contributed by atoms with E-state index in [-0.39, 0.29) is 0 Å². The second kappa shape index (κ2) is 3.59. The van der Waals surface area contributed by atoms with E-state index in [1.807, 2.05) is 6.07 Å². The van der Waals surface area contributed by atoms with Crippen LogP contribution in [0.25, 0.3) is 10.9 Å². The van der Waals surface area contributed by atoms with Gasteiger partial charge in [-0.25, -0.2) is 0 Å². The first-order valence-corrected chi connectivity index (χ1v) is 5.51. The van der Waals surface area contributed by atoms with Crippen LogP contribution in [0.5, 0.6) is 0 Å². The Labute approximate surface area is 100 Å². The summed E-state index contributed by atoms with van der Waals surface area (Å²) in [5.41, 5.74) is -0.429. The minimum Gasteiger partial charge on any atom is -0.481 e. The summed E-state index contributed by atoms with van der Waals surface area (Å²) in [6.45, 7) is 3.19. The number of carboxylic acid groups (broad SMARTS) is 1. The molecule has 0 radical (unpaired) electrons. The molecular formula is C11H10BrNO3. The van der Waals surface area contributed by atoms with E-state index < -0.39 is 11.4 Å². The largest absolute Gasteiger partial charge is 0.481 e. The van der Waals surface area contributed by atoms with Crippen molar-refractivity contribution in [2.45, 2.75) is 19.3 Å². The van der Waals surface area contributed by atoms with Crippen LogP contribution in [0.2, 0.25) is 0 Å². The maximum Gasteiger partial charge on any atom is 0.316 e. The van der Waals surface area contributed by atoms with Gasteiger partial charge in [0.2, 0.25) is 0 Å². The number of hydrogen-bond acceptors (Lipinski definition) is 3. The molecule has 0 aliphatic heterocycles. The van der Waals surface area contributed by atoms with Crippen molar-refractivity contribution in [3.05, 3.63) is 28.4 Å². The van der Waals surface area contributed by atoms with Crippen molar-refractivity contribution >= 4 is 32.8 Å². The van der Waals surface area contributed by atoms with Crippen LogP contribution in [0.3, 0.4) is 0 Å². The summed E-state index contributed by atoms with van der Waals surface area (Å²) in [5, 5.41) is 13.7. The van der Waals surface area contributed by atoms with Crippen molar-refractivity contribution in [2.75, 3.05) is 0 Å². The highest BCUT2D eigenvalue weighted by Gasteiger charge is 2.35. The van der Waals surface area contributed by atoms with Crippen molar-refractivity contribution in [1.82, 2.24) is 5.16 Å². The van der Waals surface area contributed by atoms with Crippen LogP contribution < -0.4 is 0 Å². The molecule has 4 nitrogen and oxygen atoms in total. The molecule has 1 aromatic carbocycles. The third-order valence-corrected chi connectivity index (χ3v) is 3.04. The summed E-state index contributed by atoms with van der Waals surface area (Å²) in [5.74, 6) is -0.559. The topological polar surface area (TPSA) is 63.3 Å². The van der Waals surface area contributed by atoms with Gasteiger partial charge < -0.3 is 9.63 Å². The maximum atomic E-state index is 11.1. The molecule has 0 saturated carbocycles. The summed E-state index contributed by atoms with van der Waals surface area (Å²) in [6.07, 6.45) is 0. The molecule has 1 heterocycles. The predicted molar refractivity (Wildman–Crippen MR) is 62.4 cm³/mol. The van der Waals surface area contributed by atoms with E-state index in [4.69, 9.17) is 9.63 Å². The maximum absolute atomic E-state index is 11.1. The highest BCUT2D eigenvalue weighted by Crippen LogP contribution is 2.31. The van der Waals surface area contributed by atoms with E-state index in [1.54, 1.807) is 26.0 Å². The van der Waals surface area contributed by atoms with Gasteiger partial charge in [-0.05, 0) is 32.0 Å². The Morgan fingerprint density at radius 2 is 2.19 bits per heavy atom. The molecule has 0 bridgehead atoms. The van der Waals surface area contributed by atoms with Gasteiger partial charge in [-0.3, -0.25) is 4.79 Å². The Balaban J connectivity index is 2.67. The van der Waals surface area contributed by atoms with Crippen molar-refractivity contribution in [3.8, 4) is 0 Å². The van der Waals surface area contributed by atoms with Crippen molar-refractivity contribution in [1.29, 1.82) is 0 Å². The van der Waals surface area contributed by atoms with Gasteiger partial charge in [0.15, 0.2) is 5.76 Å². The fourth-order valence-corrected chi connectivity index (χ4v) is 1.81. The van der Waals surface area contributed by atoms with Crippen LogP contribution in [-0.4, -0.2) is 16.2 Å². The summed E-state index contributed by atoms with van der Waals surface area (Å²) >= 11 is 3.32. The molecule has 0 fully saturated rings. The number of rotatable bonds is 2. The second-order valence-corrected chi connectivity index (χ2v) is 5.02. The van der Waals surface area contributed by atoms with Crippen LogP contribution in [0.1, 0.15) is 19.6 Å². The number of carboxylic acids is 1. The van der Waals surface area contributed by atoms with Gasteiger partial charge in [0, 0.05) is 9.86 Å². The molecule has 2 rings (SSSR count). The molecule has 2 aromatic rings. The third kappa shape index (κ3) is 1.61. The van der Waals surface area contributed by atoms with Gasteiger partial charge >= 0.3 is 5.97 Å². The SMILES string of the molecule is CC(C)(C(=O)O)c1onc2cc(Br)ccc12. The summed E-state index contributed by atoms with van der Waals surface area (Å²) in [4.78, 5) is 11.1. The smallest absolute Gasteiger partial charge is 0.316 e. The van der Waals surface area contributed by atoms with Gasteiger partial charge in [-0.15, -0.1) is 0 Å². The number of halogens is 1. The number of aliphatic carboxylic acids is 1. The van der Waals surface area contributed by atoms with Gasteiger partial charge in [0.05, 0.1) is 0 Å². The first-order chi connectivity index (χ1) is 7.43. The van der Waals surface area contributed by atoms with Gasteiger partial charge in [0.1, 0.15) is 10.9 Å². The van der Waals surface area contributed by atoms with Gasteiger partial charge in [0.25, 0.3) is 0 Å². The first kappa shape index (κ1) is 11.1. The lowest BCUT2D eigenvalue weighted by Crippen LogP contribution is -2.28. The number of hydrogen-bond donors (Lipinski definition) is 1. The molecule has 16 heavy (non-hydrogen) atoms. The molecule has 0 atom stereocenters. The van der Waals surface area contributed by atoms with Crippen LogP contribution >= 0.6 is 15.9 Å². The Kier molecular flexibility index (Phi) is 2.50. The Morgan fingerprint density at radius 3 is 2.81 bits per heavy atom. The molecule has 0 spiro atoms. The Hall–Kier alpha value is -1.36. The lowest BCUT2D eigenvalue weighted by atomic mass is 9.88. The molecule has 0 unspecified atom stereocenters. The van der Waals surface area contributed by atoms with E-state index in [0.717, 1.165) is 9.86 Å². The number of nitrogens with zero attached hydrogens (tertiary/aromatic N) is 1. The first-order valence-electron chi connectivity index (χ1n) is 4.72. The second-order valence-electron chi connectivity index (χ2n) is 4.10. The molecule has 5 heteroatoms. The van der Waals surface area contributed by atoms with Crippen LogP contribution in [0, 0.1) is 0 Å². The van der Waals surface area contributed by atoms with E-state index in [9.17, 15) is 4.79 Å². The number of benzene rings is 1. The summed E-state index contributed by atoms with van der Waals surface area (Å²) in [7, 11) is 0. The van der Waals surface area contributed by atoms with Gasteiger partial charge in [-0.2, -0.15) is 0 Å². The molecular weight excluding hydrogens is 274 g/mol. The van der Waals surface area contributed by atoms with Crippen molar-refractivity contribution in [2.24, 2.45) is 0 Å². The monoisotopic (exact) mass is 283 g/mol. The van der Waals surface area contributed by atoms with Crippen molar-refractivity contribution < 1.29 is 14.4 Å². The average molecular weight is 284 g/mol. The summed E-state index contributed by atoms with van der Waals surface area (Å²) < 4.78 is 6.03. The Bertz CT molecular complexity index is 559. The molecule has 0 amide bonds. The minimum atomic E-state index is -1.08. The minimum absolute atomic E-state index is 0.377. The predicted octanol–water partition coefficient (Wildman–Crippen LogP) is 2.95. The quantitative estimate of drug-likeness (QED) is 0.920. The molecule has 1 aromatic heterocycles. The average Bonchev–Trinajstić information content (AvgIpc) is 2.60. The molecule has 84 valence electrons. The zero-order valence-corrected chi connectivity index (χ0v) is 10.4. The summed E-state index contributed by atoms with van der Waals surface area (Å²) in [6, 6.07) is 5.43. The Morgan fingerprint density at radius 1 is 1.50 bits per heavy atom. The molecule has 0 saturated heterocycles. The fourth-order valence-electron chi connectivity index (χ4n) is 1.46. The van der Waals surface area contributed by atoms with Gasteiger partial charge in [-0.1, -0.05) is 21.1 Å². The zero-order chi connectivity index (χ0) is 11.9. The molecule has 1 N–H and O–H groups in total. The number of fused-ring (bicyclic) bond motifs is 1. The normalized spacial score (nSPS) is 11.9. The van der Waals surface area contributed by atoms with E-state index >= 15 is 0 Å². The van der Waals surface area contributed by atoms with E-state index in [0.29, 0.717) is 11.3 Å². The van der Waals surface area contributed by atoms with Crippen LogP contribution in [-0.2, 0) is 10.2 Å². The van der Waals surface area contributed by atoms with Crippen molar-refractivity contribution in [3.63, 3.8) is 0 Å². The third-order valence-electron chi connectivity index (χ3n) is 2.54.